The van der Waals surface area contributed by atoms with E-state index in [2.05, 4.69) is 63.2 Å². The van der Waals surface area contributed by atoms with E-state index in [9.17, 15) is 0 Å². The number of ether oxygens (including phenoxy) is 1. The van der Waals surface area contributed by atoms with Crippen LogP contribution in [0.25, 0.3) is 11.2 Å². The van der Waals surface area contributed by atoms with Crippen molar-refractivity contribution in [2.75, 3.05) is 25.9 Å². The largest absolute Gasteiger partial charge is 0.497 e. The lowest BCUT2D eigenvalue weighted by atomic mass is 9.97. The van der Waals surface area contributed by atoms with Crippen molar-refractivity contribution in [1.82, 2.24) is 24.8 Å². The molecule has 150 valence electrons. The van der Waals surface area contributed by atoms with Gasteiger partial charge in [-0.15, -0.1) is 0 Å². The standard InChI is InChI=1S/C19H25IN6OS/c1-19(2,3)10-22-7-8-26-17-15(16(21)23-11-24-17)25-18(26)28-14-9-12(27-4)5-6-13(14)20/h5-6,9,11,22H,7-8,10H2,1-4H3,(H2,21,23,24). The molecule has 0 radical (unpaired) electrons. The van der Waals surface area contributed by atoms with E-state index in [0.29, 0.717) is 11.3 Å². The Bertz CT molecular complexity index is 969. The quantitative estimate of drug-likeness (QED) is 0.368. The molecular weight excluding hydrogens is 487 g/mol. The highest BCUT2D eigenvalue weighted by Gasteiger charge is 2.17. The molecule has 0 aliphatic carbocycles. The lowest BCUT2D eigenvalue weighted by Gasteiger charge is -2.19. The molecule has 0 fully saturated rings. The molecule has 0 saturated heterocycles. The summed E-state index contributed by atoms with van der Waals surface area (Å²) in [5, 5.41) is 4.35. The average molecular weight is 512 g/mol. The number of imidazole rings is 1. The first-order valence-corrected chi connectivity index (χ1v) is 10.9. The SMILES string of the molecule is COc1ccc(I)c(Sc2nc3c(N)ncnc3n2CCNCC(C)(C)C)c1. The number of halogens is 1. The fourth-order valence-electron chi connectivity index (χ4n) is 2.65. The number of anilines is 1. The molecule has 3 aromatic rings. The third-order valence-corrected chi connectivity index (χ3v) is 6.39. The minimum absolute atomic E-state index is 0.234. The Kier molecular flexibility index (Phi) is 6.66. The van der Waals surface area contributed by atoms with Crippen molar-refractivity contribution in [3.05, 3.63) is 28.1 Å². The predicted octanol–water partition coefficient (Wildman–Crippen LogP) is 3.81. The van der Waals surface area contributed by atoms with Crippen molar-refractivity contribution in [1.29, 1.82) is 0 Å². The summed E-state index contributed by atoms with van der Waals surface area (Å²) in [6.07, 6.45) is 1.49. The Morgan fingerprint density at radius 3 is 2.79 bits per heavy atom. The maximum absolute atomic E-state index is 6.05. The highest BCUT2D eigenvalue weighted by atomic mass is 127. The second kappa shape index (κ2) is 8.83. The van der Waals surface area contributed by atoms with Crippen molar-refractivity contribution >= 4 is 51.3 Å². The molecule has 0 unspecified atom stereocenters. The fourth-order valence-corrected chi connectivity index (χ4v) is 4.28. The number of aromatic nitrogens is 4. The molecule has 1 aromatic carbocycles. The van der Waals surface area contributed by atoms with Crippen LogP contribution >= 0.6 is 34.4 Å². The van der Waals surface area contributed by atoms with E-state index in [4.69, 9.17) is 15.5 Å². The number of methoxy groups -OCH3 is 1. The van der Waals surface area contributed by atoms with Gasteiger partial charge in [0.25, 0.3) is 0 Å². The number of nitrogens with two attached hydrogens (primary N) is 1. The minimum atomic E-state index is 0.234. The summed E-state index contributed by atoms with van der Waals surface area (Å²) in [5.74, 6) is 1.21. The first-order valence-electron chi connectivity index (χ1n) is 8.97. The van der Waals surface area contributed by atoms with E-state index in [1.54, 1.807) is 18.9 Å². The Morgan fingerprint density at radius 2 is 2.07 bits per heavy atom. The van der Waals surface area contributed by atoms with Gasteiger partial charge >= 0.3 is 0 Å². The van der Waals surface area contributed by atoms with Gasteiger partial charge in [-0.1, -0.05) is 32.5 Å². The van der Waals surface area contributed by atoms with Crippen LogP contribution in [-0.4, -0.2) is 39.7 Å². The normalized spacial score (nSPS) is 11.9. The van der Waals surface area contributed by atoms with Crippen LogP contribution in [-0.2, 0) is 6.54 Å². The van der Waals surface area contributed by atoms with Crippen LogP contribution < -0.4 is 15.8 Å². The monoisotopic (exact) mass is 512 g/mol. The summed E-state index contributed by atoms with van der Waals surface area (Å²) in [7, 11) is 1.67. The number of hydrogen-bond acceptors (Lipinski definition) is 7. The summed E-state index contributed by atoms with van der Waals surface area (Å²) in [6, 6.07) is 6.01. The van der Waals surface area contributed by atoms with Crippen molar-refractivity contribution in [3.63, 3.8) is 0 Å². The number of rotatable bonds is 7. The molecule has 0 spiro atoms. The molecule has 3 rings (SSSR count). The molecule has 28 heavy (non-hydrogen) atoms. The van der Waals surface area contributed by atoms with Gasteiger partial charge in [0.1, 0.15) is 12.1 Å². The highest BCUT2D eigenvalue weighted by molar-refractivity contribution is 14.1. The summed E-state index contributed by atoms with van der Waals surface area (Å²) < 4.78 is 8.60. The Balaban J connectivity index is 1.91. The first kappa shape index (κ1) is 21.1. The van der Waals surface area contributed by atoms with E-state index in [-0.39, 0.29) is 5.41 Å². The van der Waals surface area contributed by atoms with Gasteiger partial charge in [0.15, 0.2) is 22.1 Å². The van der Waals surface area contributed by atoms with Crippen LogP contribution in [0.3, 0.4) is 0 Å². The molecule has 0 bridgehead atoms. The summed E-state index contributed by atoms with van der Waals surface area (Å²) in [5.41, 5.74) is 7.67. The molecule has 0 aliphatic rings. The molecular formula is C19H25IN6OS. The van der Waals surface area contributed by atoms with E-state index in [1.807, 2.05) is 18.2 Å². The topological polar surface area (TPSA) is 90.9 Å². The van der Waals surface area contributed by atoms with Crippen LogP contribution in [0.1, 0.15) is 20.8 Å². The van der Waals surface area contributed by atoms with Crippen molar-refractivity contribution in [2.45, 2.75) is 37.4 Å². The van der Waals surface area contributed by atoms with Gasteiger partial charge in [-0.25, -0.2) is 15.0 Å². The Morgan fingerprint density at radius 1 is 1.29 bits per heavy atom. The van der Waals surface area contributed by atoms with E-state index in [0.717, 1.165) is 44.7 Å². The van der Waals surface area contributed by atoms with Crippen LogP contribution in [0, 0.1) is 8.99 Å². The second-order valence-corrected chi connectivity index (χ2v) is 9.78. The van der Waals surface area contributed by atoms with Crippen LogP contribution in [0.4, 0.5) is 5.82 Å². The zero-order valence-electron chi connectivity index (χ0n) is 16.5. The second-order valence-electron chi connectivity index (χ2n) is 7.61. The lowest BCUT2D eigenvalue weighted by Crippen LogP contribution is -2.29. The van der Waals surface area contributed by atoms with E-state index in [1.165, 1.54) is 6.33 Å². The van der Waals surface area contributed by atoms with Crippen LogP contribution in [0.15, 0.2) is 34.6 Å². The minimum Gasteiger partial charge on any atom is -0.497 e. The molecule has 0 aliphatic heterocycles. The maximum atomic E-state index is 6.05. The van der Waals surface area contributed by atoms with Crippen LogP contribution in [0.2, 0.25) is 0 Å². The lowest BCUT2D eigenvalue weighted by molar-refractivity contribution is 0.375. The molecule has 0 saturated carbocycles. The van der Waals surface area contributed by atoms with Gasteiger partial charge in [0, 0.05) is 28.1 Å². The van der Waals surface area contributed by atoms with Crippen molar-refractivity contribution in [3.8, 4) is 5.75 Å². The molecule has 0 atom stereocenters. The Labute approximate surface area is 183 Å². The molecule has 0 amide bonds. The third kappa shape index (κ3) is 5.06. The van der Waals surface area contributed by atoms with Gasteiger partial charge in [0.05, 0.1) is 7.11 Å². The molecule has 2 aromatic heterocycles. The van der Waals surface area contributed by atoms with E-state index >= 15 is 0 Å². The predicted molar refractivity (Wildman–Crippen MR) is 122 cm³/mol. The fraction of sp³-hybridized carbons (Fsp3) is 0.421. The van der Waals surface area contributed by atoms with Gasteiger partial charge in [-0.2, -0.15) is 0 Å². The molecule has 3 N–H and O–H groups in total. The number of nitrogen functional groups attached to an aromatic ring is 1. The van der Waals surface area contributed by atoms with Gasteiger partial charge in [-0.3, -0.25) is 0 Å². The zero-order valence-corrected chi connectivity index (χ0v) is 19.5. The zero-order chi connectivity index (χ0) is 20.3. The number of nitrogens with one attached hydrogen (secondary N) is 1. The van der Waals surface area contributed by atoms with Gasteiger partial charge in [0.2, 0.25) is 0 Å². The van der Waals surface area contributed by atoms with Crippen molar-refractivity contribution in [2.24, 2.45) is 5.41 Å². The Hall–Kier alpha value is -1.59. The number of fused-ring (bicyclic) bond motifs is 1. The number of nitrogens with zero attached hydrogens (tertiary/aromatic N) is 4. The first-order chi connectivity index (χ1) is 13.3. The summed E-state index contributed by atoms with van der Waals surface area (Å²) in [6.45, 7) is 9.14. The van der Waals surface area contributed by atoms with Gasteiger partial charge in [-0.05, 0) is 46.2 Å². The highest BCUT2D eigenvalue weighted by Crippen LogP contribution is 2.35. The molecule has 2 heterocycles. The number of hydrogen-bond donors (Lipinski definition) is 2. The summed E-state index contributed by atoms with van der Waals surface area (Å²) in [4.78, 5) is 14.3. The summed E-state index contributed by atoms with van der Waals surface area (Å²) >= 11 is 3.90. The van der Waals surface area contributed by atoms with Gasteiger partial charge < -0.3 is 20.4 Å². The number of benzene rings is 1. The molecule has 7 nitrogen and oxygen atoms in total. The average Bonchev–Trinajstić information content (AvgIpc) is 2.98. The van der Waals surface area contributed by atoms with E-state index < -0.39 is 0 Å². The van der Waals surface area contributed by atoms with Crippen LogP contribution in [0.5, 0.6) is 5.75 Å². The smallest absolute Gasteiger partial charge is 0.175 e. The third-order valence-electron chi connectivity index (χ3n) is 4.03. The maximum Gasteiger partial charge on any atom is 0.175 e. The van der Waals surface area contributed by atoms with Crippen molar-refractivity contribution < 1.29 is 4.74 Å². The molecule has 9 heteroatoms.